The lowest BCUT2D eigenvalue weighted by atomic mass is 10.00. The summed E-state index contributed by atoms with van der Waals surface area (Å²) in [6, 6.07) is 8.25. The fraction of sp³-hybridized carbons (Fsp3) is 0.500. The summed E-state index contributed by atoms with van der Waals surface area (Å²) < 4.78 is 11.3. The number of nitrogens with zero attached hydrogens (tertiary/aromatic N) is 1. The number of nitrogens with one attached hydrogen (secondary N) is 3. The third kappa shape index (κ3) is 4.35. The highest BCUT2D eigenvalue weighted by atomic mass is 16.5. The molecular weight excluding hydrogens is 304 g/mol. The molecule has 0 bridgehead atoms. The van der Waals surface area contributed by atoms with E-state index in [4.69, 9.17) is 9.15 Å². The molecule has 6 heteroatoms. The van der Waals surface area contributed by atoms with Crippen LogP contribution < -0.4 is 20.9 Å². The molecule has 0 amide bonds. The number of rotatable bonds is 8. The van der Waals surface area contributed by atoms with Crippen molar-refractivity contribution in [1.82, 2.24) is 21.2 Å². The first-order chi connectivity index (χ1) is 11.8. The molecule has 3 N–H and O–H groups in total. The molecule has 2 aromatic heterocycles. The van der Waals surface area contributed by atoms with Gasteiger partial charge in [-0.05, 0) is 31.0 Å². The third-order valence-corrected chi connectivity index (χ3v) is 4.15. The summed E-state index contributed by atoms with van der Waals surface area (Å²) in [4.78, 5) is 4.33. The van der Waals surface area contributed by atoms with Gasteiger partial charge in [0.2, 0.25) is 5.88 Å². The number of aryl methyl sites for hydroxylation is 1. The van der Waals surface area contributed by atoms with Crippen molar-refractivity contribution in [3.05, 3.63) is 47.5 Å². The molecule has 1 saturated heterocycles. The van der Waals surface area contributed by atoms with Crippen LogP contribution in [0.1, 0.15) is 36.5 Å². The lowest BCUT2D eigenvalue weighted by molar-refractivity contribution is 0.305. The normalized spacial score (nSPS) is 20.4. The summed E-state index contributed by atoms with van der Waals surface area (Å²) >= 11 is 0. The lowest BCUT2D eigenvalue weighted by Crippen LogP contribution is -2.28. The van der Waals surface area contributed by atoms with Gasteiger partial charge in [-0.3, -0.25) is 5.43 Å². The lowest BCUT2D eigenvalue weighted by Gasteiger charge is -2.17. The van der Waals surface area contributed by atoms with Gasteiger partial charge < -0.3 is 14.5 Å². The number of hydrogen-bond donors (Lipinski definition) is 3. The summed E-state index contributed by atoms with van der Waals surface area (Å²) in [5.74, 6) is 3.07. The minimum atomic E-state index is 0.203. The molecule has 130 valence electrons. The molecule has 1 aliphatic heterocycles. The zero-order chi connectivity index (χ0) is 16.8. The molecule has 0 spiro atoms. The Morgan fingerprint density at radius 1 is 1.33 bits per heavy atom. The number of hydrogen-bond acceptors (Lipinski definition) is 6. The minimum absolute atomic E-state index is 0.203. The van der Waals surface area contributed by atoms with Gasteiger partial charge >= 0.3 is 0 Å². The second-order valence-electron chi connectivity index (χ2n) is 6.20. The van der Waals surface area contributed by atoms with E-state index in [0.29, 0.717) is 18.4 Å². The van der Waals surface area contributed by atoms with Crippen LogP contribution in [0.3, 0.4) is 0 Å². The third-order valence-electron chi connectivity index (χ3n) is 4.15. The second kappa shape index (κ2) is 8.28. The van der Waals surface area contributed by atoms with E-state index in [1.54, 1.807) is 0 Å². The zero-order valence-corrected chi connectivity index (χ0v) is 14.3. The van der Waals surface area contributed by atoms with Crippen molar-refractivity contribution < 1.29 is 9.15 Å². The summed E-state index contributed by atoms with van der Waals surface area (Å²) in [6.45, 7) is 7.38. The van der Waals surface area contributed by atoms with E-state index in [9.17, 15) is 0 Å². The fourth-order valence-corrected chi connectivity index (χ4v) is 2.86. The van der Waals surface area contributed by atoms with Gasteiger partial charge in [0, 0.05) is 37.8 Å². The van der Waals surface area contributed by atoms with Crippen LogP contribution in [0.5, 0.6) is 5.88 Å². The van der Waals surface area contributed by atoms with Crippen LogP contribution in [0.2, 0.25) is 0 Å². The highest BCUT2D eigenvalue weighted by molar-refractivity contribution is 5.18. The maximum Gasteiger partial charge on any atom is 0.213 e. The monoisotopic (exact) mass is 330 g/mol. The van der Waals surface area contributed by atoms with Gasteiger partial charge in [-0.15, -0.1) is 0 Å². The van der Waals surface area contributed by atoms with E-state index in [-0.39, 0.29) is 6.04 Å². The van der Waals surface area contributed by atoms with Gasteiger partial charge in [-0.25, -0.2) is 10.4 Å². The van der Waals surface area contributed by atoms with Crippen LogP contribution in [-0.2, 0) is 6.54 Å². The molecule has 1 fully saturated rings. The van der Waals surface area contributed by atoms with Crippen molar-refractivity contribution in [2.45, 2.75) is 32.9 Å². The Bertz CT molecular complexity index is 626. The van der Waals surface area contributed by atoms with Crippen molar-refractivity contribution >= 4 is 0 Å². The van der Waals surface area contributed by atoms with Crippen molar-refractivity contribution in [2.75, 3.05) is 19.7 Å². The Labute approximate surface area is 143 Å². The van der Waals surface area contributed by atoms with Gasteiger partial charge in [0.1, 0.15) is 11.5 Å². The molecule has 2 unspecified atom stereocenters. The van der Waals surface area contributed by atoms with E-state index >= 15 is 0 Å². The minimum Gasteiger partial charge on any atom is -0.478 e. The number of aromatic nitrogens is 1. The van der Waals surface area contributed by atoms with E-state index in [1.165, 1.54) is 0 Å². The Kier molecular flexibility index (Phi) is 5.85. The smallest absolute Gasteiger partial charge is 0.213 e. The average molecular weight is 330 g/mol. The highest BCUT2D eigenvalue weighted by Gasteiger charge is 2.30. The first kappa shape index (κ1) is 17.0. The molecule has 3 rings (SSSR count). The standard InChI is InChI=1S/C18H26N4O2/c1-3-8-23-17-7-5-14(10-20-17)9-19-11-15-12-21-22-18(15)16-6-4-13(2)24-16/h4-7,10,15,18-19,21-22H,3,8-9,11-12H2,1-2H3. The molecule has 24 heavy (non-hydrogen) atoms. The zero-order valence-electron chi connectivity index (χ0n) is 14.3. The van der Waals surface area contributed by atoms with E-state index in [2.05, 4.69) is 34.1 Å². The van der Waals surface area contributed by atoms with Crippen molar-refractivity contribution in [3.8, 4) is 5.88 Å². The van der Waals surface area contributed by atoms with Crippen molar-refractivity contribution in [1.29, 1.82) is 0 Å². The van der Waals surface area contributed by atoms with Crippen molar-refractivity contribution in [2.24, 2.45) is 5.92 Å². The molecule has 2 aromatic rings. The van der Waals surface area contributed by atoms with Gasteiger partial charge in [0.15, 0.2) is 0 Å². The van der Waals surface area contributed by atoms with E-state index in [0.717, 1.165) is 43.1 Å². The fourth-order valence-electron chi connectivity index (χ4n) is 2.86. The molecule has 3 heterocycles. The van der Waals surface area contributed by atoms with Crippen LogP contribution >= 0.6 is 0 Å². The van der Waals surface area contributed by atoms with Crippen LogP contribution in [-0.4, -0.2) is 24.7 Å². The molecule has 0 radical (unpaired) electrons. The van der Waals surface area contributed by atoms with Gasteiger partial charge in [0.05, 0.1) is 12.6 Å². The largest absolute Gasteiger partial charge is 0.478 e. The second-order valence-corrected chi connectivity index (χ2v) is 6.20. The maximum absolute atomic E-state index is 5.75. The summed E-state index contributed by atoms with van der Waals surface area (Å²) in [5, 5.41) is 3.51. The van der Waals surface area contributed by atoms with Crippen LogP contribution in [0, 0.1) is 12.8 Å². The quantitative estimate of drug-likeness (QED) is 0.690. The van der Waals surface area contributed by atoms with Crippen molar-refractivity contribution in [3.63, 3.8) is 0 Å². The molecule has 0 aliphatic carbocycles. The molecule has 2 atom stereocenters. The Hall–Kier alpha value is -1.89. The van der Waals surface area contributed by atoms with Crippen LogP contribution in [0.15, 0.2) is 34.9 Å². The number of ether oxygens (including phenoxy) is 1. The summed E-state index contributed by atoms with van der Waals surface area (Å²) in [6.07, 6.45) is 2.86. The average Bonchev–Trinajstić information content (AvgIpc) is 3.23. The Morgan fingerprint density at radius 2 is 2.25 bits per heavy atom. The Balaban J connectivity index is 1.47. The molecule has 6 nitrogen and oxygen atoms in total. The van der Waals surface area contributed by atoms with E-state index in [1.807, 2.05) is 31.3 Å². The maximum atomic E-state index is 5.75. The summed E-state index contributed by atoms with van der Waals surface area (Å²) in [7, 11) is 0. The molecule has 0 aromatic carbocycles. The molecular formula is C18H26N4O2. The topological polar surface area (TPSA) is 71.3 Å². The van der Waals surface area contributed by atoms with Crippen LogP contribution in [0.25, 0.3) is 0 Å². The summed E-state index contributed by atoms with van der Waals surface area (Å²) in [5.41, 5.74) is 7.68. The molecule has 0 saturated carbocycles. The van der Waals surface area contributed by atoms with E-state index < -0.39 is 0 Å². The number of hydrazine groups is 1. The van der Waals surface area contributed by atoms with Gasteiger partial charge in [0.25, 0.3) is 0 Å². The number of pyridine rings is 1. The first-order valence-corrected chi connectivity index (χ1v) is 8.59. The SMILES string of the molecule is CCCOc1ccc(CNCC2CNNC2c2ccc(C)o2)cn1. The van der Waals surface area contributed by atoms with Gasteiger partial charge in [-0.2, -0.15) is 0 Å². The molecule has 1 aliphatic rings. The number of furan rings is 1. The first-order valence-electron chi connectivity index (χ1n) is 8.59. The van der Waals surface area contributed by atoms with Gasteiger partial charge in [-0.1, -0.05) is 13.0 Å². The predicted molar refractivity (Wildman–Crippen MR) is 92.5 cm³/mol. The Morgan fingerprint density at radius 3 is 2.96 bits per heavy atom. The predicted octanol–water partition coefficient (Wildman–Crippen LogP) is 2.33. The van der Waals surface area contributed by atoms with Crippen LogP contribution in [0.4, 0.5) is 0 Å². The highest BCUT2D eigenvalue weighted by Crippen LogP contribution is 2.25.